The van der Waals surface area contributed by atoms with Crippen molar-refractivity contribution in [2.45, 2.75) is 30.7 Å². The van der Waals surface area contributed by atoms with Gasteiger partial charge in [-0.3, -0.25) is 0 Å². The van der Waals surface area contributed by atoms with Gasteiger partial charge in [-0.25, -0.2) is 0 Å². The zero-order chi connectivity index (χ0) is 15.6. The first-order valence-electron chi connectivity index (χ1n) is 6.14. The van der Waals surface area contributed by atoms with Crippen molar-refractivity contribution in [2.24, 2.45) is 0 Å². The van der Waals surface area contributed by atoms with Gasteiger partial charge in [-0.2, -0.15) is 4.57 Å². The van der Waals surface area contributed by atoms with Gasteiger partial charge in [0.2, 0.25) is 6.29 Å². The van der Waals surface area contributed by atoms with Gasteiger partial charge in [-0.1, -0.05) is 0 Å². The number of rotatable bonds is 3. The zero-order valence-electron chi connectivity index (χ0n) is 11.3. The molecule has 0 unspecified atom stereocenters. The number of ether oxygens (including phenoxy) is 2. The maximum atomic E-state index is 10.6. The number of carboxylic acid groups (broad SMARTS) is 1. The summed E-state index contributed by atoms with van der Waals surface area (Å²) in [7, 11) is 0. The lowest BCUT2D eigenvalue weighted by molar-refractivity contribution is -0.631. The van der Waals surface area contributed by atoms with Gasteiger partial charge in [-0.15, -0.1) is 0 Å². The number of carbonyl (C=O) groups is 1. The monoisotopic (exact) mass is 319 g/mol. The highest BCUT2D eigenvalue weighted by molar-refractivity contribution is 5.50. The number of aliphatic hydroxyl groups excluding tert-OH is 4. The minimum absolute atomic E-state index is 0. The fourth-order valence-electron chi connectivity index (χ4n) is 1.91. The van der Waals surface area contributed by atoms with Gasteiger partial charge < -0.3 is 45.3 Å². The number of hydrogen-bond donors (Lipinski definition) is 4. The second-order valence-corrected chi connectivity index (χ2v) is 4.52. The minimum Gasteiger partial charge on any atom is -0.490 e. The Hall–Kier alpha value is -1.82. The second-order valence-electron chi connectivity index (χ2n) is 4.52. The van der Waals surface area contributed by atoms with E-state index >= 15 is 0 Å². The minimum atomic E-state index is -1.54. The van der Waals surface area contributed by atoms with Gasteiger partial charge in [0.1, 0.15) is 30.2 Å². The van der Waals surface area contributed by atoms with Crippen molar-refractivity contribution in [1.82, 2.24) is 0 Å². The van der Waals surface area contributed by atoms with Crippen LogP contribution in [0.15, 0.2) is 24.5 Å². The van der Waals surface area contributed by atoms with Crippen LogP contribution < -0.4 is 14.4 Å². The van der Waals surface area contributed by atoms with E-state index in [1.807, 2.05) is 0 Å². The Morgan fingerprint density at radius 3 is 2.32 bits per heavy atom. The molecule has 2 heterocycles. The van der Waals surface area contributed by atoms with Gasteiger partial charge in [0.15, 0.2) is 12.4 Å². The summed E-state index contributed by atoms with van der Waals surface area (Å²) >= 11 is 0. The summed E-state index contributed by atoms with van der Waals surface area (Å²) in [4.78, 5) is 10.6. The first kappa shape index (κ1) is 18.2. The van der Waals surface area contributed by atoms with Crippen molar-refractivity contribution in [1.29, 1.82) is 0 Å². The van der Waals surface area contributed by atoms with Crippen molar-refractivity contribution >= 4 is 6.09 Å². The number of pyridine rings is 1. The molecule has 0 spiro atoms. The summed E-state index contributed by atoms with van der Waals surface area (Å²) in [6.07, 6.45) is -6.04. The fraction of sp³-hybridized carbons (Fsp3) is 0.500. The number of nitrogens with zero attached hydrogens (tertiary/aromatic N) is 1. The Morgan fingerprint density at radius 2 is 1.82 bits per heavy atom. The number of aliphatic hydroxyl groups is 4. The van der Waals surface area contributed by atoms with E-state index in [0.29, 0.717) is 0 Å². The van der Waals surface area contributed by atoms with E-state index in [1.54, 1.807) is 0 Å². The molecular weight excluding hydrogens is 302 g/mol. The normalized spacial score (nSPS) is 31.2. The largest absolute Gasteiger partial charge is 0.490 e. The molecule has 0 radical (unpaired) electrons. The molecule has 1 aromatic rings. The third kappa shape index (κ3) is 3.68. The van der Waals surface area contributed by atoms with Crippen molar-refractivity contribution in [3.63, 3.8) is 0 Å². The lowest BCUT2D eigenvalue weighted by Gasteiger charge is -2.39. The van der Waals surface area contributed by atoms with Crippen molar-refractivity contribution < 1.29 is 49.8 Å². The highest BCUT2D eigenvalue weighted by atomic mass is 16.7. The van der Waals surface area contributed by atoms with Crippen molar-refractivity contribution in [3.05, 3.63) is 24.5 Å². The molecule has 0 saturated carbocycles. The molecule has 0 amide bonds. The van der Waals surface area contributed by atoms with E-state index < -0.39 is 43.4 Å². The first-order chi connectivity index (χ1) is 9.93. The molecule has 1 saturated heterocycles. The Labute approximate surface area is 124 Å². The summed E-state index contributed by atoms with van der Waals surface area (Å²) in [6.45, 7) is -0.565. The molecular formula is C12H17NO9. The van der Waals surface area contributed by atoms with Crippen LogP contribution in [0.25, 0.3) is 0 Å². The number of carbonyl (C=O) groups excluding carboxylic acids is 1. The Morgan fingerprint density at radius 1 is 1.23 bits per heavy atom. The molecule has 0 aliphatic carbocycles. The molecule has 0 bridgehead atoms. The average molecular weight is 319 g/mol. The lowest BCUT2D eigenvalue weighted by atomic mass is 9.99. The fourth-order valence-corrected chi connectivity index (χ4v) is 1.91. The number of hydrogen-bond acceptors (Lipinski definition) is 8. The zero-order valence-corrected chi connectivity index (χ0v) is 11.3. The molecule has 6 N–H and O–H groups in total. The Bertz CT molecular complexity index is 492. The smallest absolute Gasteiger partial charge is 0.343 e. The van der Waals surface area contributed by atoms with Crippen molar-refractivity contribution in [2.75, 3.05) is 6.61 Å². The van der Waals surface area contributed by atoms with E-state index in [4.69, 9.17) is 14.6 Å². The molecule has 1 aliphatic rings. The van der Waals surface area contributed by atoms with E-state index in [0.717, 1.165) is 17.0 Å². The van der Waals surface area contributed by atoms with Crippen LogP contribution in [-0.2, 0) is 4.74 Å². The molecule has 2 rings (SSSR count). The molecule has 22 heavy (non-hydrogen) atoms. The predicted molar refractivity (Wildman–Crippen MR) is 65.4 cm³/mol. The molecule has 124 valence electrons. The summed E-state index contributed by atoms with van der Waals surface area (Å²) in [5.74, 6) is 0.164. The van der Waals surface area contributed by atoms with E-state index in [9.17, 15) is 25.2 Å². The molecule has 10 nitrogen and oxygen atoms in total. The average Bonchev–Trinajstić information content (AvgIpc) is 2.48. The lowest BCUT2D eigenvalue weighted by Crippen LogP contribution is -2.60. The molecule has 1 fully saturated rings. The first-order valence-corrected chi connectivity index (χ1v) is 6.14. The van der Waals surface area contributed by atoms with Crippen LogP contribution >= 0.6 is 0 Å². The Balaban J connectivity index is 0.00000242. The summed E-state index contributed by atoms with van der Waals surface area (Å²) in [5, 5.41) is 48.6. The summed E-state index contributed by atoms with van der Waals surface area (Å²) in [6, 6.07) is 2.58. The molecule has 1 aliphatic heterocycles. The van der Waals surface area contributed by atoms with E-state index in [1.165, 1.54) is 12.1 Å². The molecule has 0 aromatic carbocycles. The topological polar surface area (TPSA) is 175 Å². The highest BCUT2D eigenvalue weighted by Crippen LogP contribution is 2.23. The highest BCUT2D eigenvalue weighted by Gasteiger charge is 2.44. The molecule has 10 heteroatoms. The summed E-state index contributed by atoms with van der Waals surface area (Å²) in [5.41, 5.74) is 0. The maximum Gasteiger partial charge on any atom is 0.343 e. The van der Waals surface area contributed by atoms with Crippen LogP contribution in [0.3, 0.4) is 0 Å². The second kappa shape index (κ2) is 7.45. The number of aromatic nitrogens is 1. The van der Waals surface area contributed by atoms with E-state index in [2.05, 4.69) is 0 Å². The van der Waals surface area contributed by atoms with Gasteiger partial charge in [0, 0.05) is 12.1 Å². The van der Waals surface area contributed by atoms with Crippen LogP contribution in [0.4, 0.5) is 4.79 Å². The quantitative estimate of drug-likeness (QED) is 0.403. The van der Waals surface area contributed by atoms with Crippen LogP contribution in [0.5, 0.6) is 5.75 Å². The SMILES string of the molecule is O.O=C([O-])[n+]1ccc(O[C@@H]2O[C@H](CO)[C@H](O)[C@H](O)[C@H]2O)cc1. The Kier molecular flexibility index (Phi) is 6.17. The molecule has 5 atom stereocenters. The van der Waals surface area contributed by atoms with Crippen LogP contribution in [0.2, 0.25) is 0 Å². The third-order valence-corrected chi connectivity index (χ3v) is 3.11. The van der Waals surface area contributed by atoms with Gasteiger partial charge in [0.05, 0.1) is 6.61 Å². The molecule has 1 aromatic heterocycles. The standard InChI is InChI=1S/C12H15NO8.H2O/c14-5-7-8(15)9(16)10(17)11(21-7)20-6-1-3-13(4-2-6)12(18)19;/h1-4,7-11,14-17H,5H2;1H2/t7-,8+,9+,10-,11-;/m1./s1. The predicted octanol–water partition coefficient (Wildman–Crippen LogP) is -4.48. The summed E-state index contributed by atoms with van der Waals surface area (Å²) < 4.78 is 11.2. The van der Waals surface area contributed by atoms with Gasteiger partial charge in [-0.05, 0) is 0 Å². The van der Waals surface area contributed by atoms with Crippen molar-refractivity contribution in [3.8, 4) is 5.75 Å². The third-order valence-electron chi connectivity index (χ3n) is 3.11. The van der Waals surface area contributed by atoms with E-state index in [-0.39, 0.29) is 11.2 Å². The van der Waals surface area contributed by atoms with Crippen LogP contribution in [0.1, 0.15) is 0 Å². The maximum absolute atomic E-state index is 10.6. The van der Waals surface area contributed by atoms with Gasteiger partial charge in [0.25, 0.3) is 0 Å². The van der Waals surface area contributed by atoms with Crippen LogP contribution in [0, 0.1) is 0 Å². The van der Waals surface area contributed by atoms with Gasteiger partial charge >= 0.3 is 6.09 Å². The van der Waals surface area contributed by atoms with Crippen LogP contribution in [-0.4, -0.2) is 69.3 Å².